The molecule has 0 aromatic carbocycles. The fourth-order valence-corrected chi connectivity index (χ4v) is 2.71. The third-order valence-electron chi connectivity index (χ3n) is 2.42. The number of aryl methyl sites for hydroxylation is 1. The largest absolute Gasteiger partial charge is 0.348 e. The number of thiophene rings is 1. The first-order chi connectivity index (χ1) is 8.16. The van der Waals surface area contributed by atoms with Gasteiger partial charge in [0.05, 0.1) is 8.45 Å². The van der Waals surface area contributed by atoms with Gasteiger partial charge in [-0.25, -0.2) is 0 Å². The van der Waals surface area contributed by atoms with E-state index in [0.717, 1.165) is 19.6 Å². The molecule has 0 unspecified atom stereocenters. The zero-order chi connectivity index (χ0) is 12.3. The number of amides is 1. The molecule has 0 radical (unpaired) electrons. The maximum atomic E-state index is 11.8. The number of nitrogens with one attached hydrogen (secondary N) is 1. The topological polar surface area (TPSA) is 42.0 Å². The third kappa shape index (κ3) is 3.26. The summed E-state index contributed by atoms with van der Waals surface area (Å²) in [5, 5.41) is 4.76. The van der Waals surface area contributed by atoms with Gasteiger partial charge in [-0.05, 0) is 52.8 Å². The van der Waals surface area contributed by atoms with Crippen LogP contribution in [0.25, 0.3) is 0 Å². The first kappa shape index (κ1) is 12.5. The fraction of sp³-hybridized carbons (Fsp3) is 0.167. The van der Waals surface area contributed by atoms with Gasteiger partial charge < -0.3 is 5.32 Å². The predicted octanol–water partition coefficient (Wildman–Crippen LogP) is 2.99. The normalized spacial score (nSPS) is 10.2. The lowest BCUT2D eigenvalue weighted by Crippen LogP contribution is -2.22. The summed E-state index contributed by atoms with van der Waals surface area (Å²) in [6, 6.07) is 3.83. The van der Waals surface area contributed by atoms with Crippen molar-refractivity contribution in [1.29, 1.82) is 0 Å². The van der Waals surface area contributed by atoms with Gasteiger partial charge in [-0.1, -0.05) is 0 Å². The Hall–Kier alpha value is -0.950. The summed E-state index contributed by atoms with van der Waals surface area (Å²) in [6.07, 6.45) is 3.54. The van der Waals surface area contributed by atoms with Gasteiger partial charge in [-0.2, -0.15) is 0 Å². The number of hydrogen-bond acceptors (Lipinski definition) is 3. The van der Waals surface area contributed by atoms with Gasteiger partial charge in [0.25, 0.3) is 5.91 Å². The number of halogens is 1. The summed E-state index contributed by atoms with van der Waals surface area (Å²) < 4.78 is 1.12. The van der Waals surface area contributed by atoms with Gasteiger partial charge in [0, 0.05) is 24.3 Å². The minimum atomic E-state index is -0.0348. The molecule has 88 valence electrons. The van der Waals surface area contributed by atoms with E-state index >= 15 is 0 Å². The first-order valence-corrected chi connectivity index (χ1v) is 7.04. The van der Waals surface area contributed by atoms with Gasteiger partial charge in [0.1, 0.15) is 0 Å². The molecule has 1 amide bonds. The highest BCUT2D eigenvalue weighted by Crippen LogP contribution is 2.16. The predicted molar refractivity (Wildman–Crippen MR) is 77.2 cm³/mol. The van der Waals surface area contributed by atoms with Crippen LogP contribution in [0.15, 0.2) is 29.9 Å². The smallest absolute Gasteiger partial charge is 0.252 e. The van der Waals surface area contributed by atoms with E-state index < -0.39 is 0 Å². The molecule has 0 aliphatic rings. The highest BCUT2D eigenvalue weighted by molar-refractivity contribution is 14.1. The van der Waals surface area contributed by atoms with Crippen LogP contribution in [-0.2, 0) is 6.54 Å². The van der Waals surface area contributed by atoms with Crippen molar-refractivity contribution in [3.05, 3.63) is 49.5 Å². The average molecular weight is 358 g/mol. The molecule has 0 aliphatic heterocycles. The maximum absolute atomic E-state index is 11.8. The maximum Gasteiger partial charge on any atom is 0.252 e. The Bertz CT molecular complexity index is 539. The number of carbonyl (C=O) groups is 1. The van der Waals surface area contributed by atoms with Gasteiger partial charge in [-0.3, -0.25) is 9.78 Å². The van der Waals surface area contributed by atoms with Crippen molar-refractivity contribution in [2.24, 2.45) is 0 Å². The lowest BCUT2D eigenvalue weighted by Gasteiger charge is -2.06. The zero-order valence-corrected chi connectivity index (χ0v) is 12.2. The average Bonchev–Trinajstić information content (AvgIpc) is 2.74. The fourth-order valence-electron chi connectivity index (χ4n) is 1.39. The van der Waals surface area contributed by atoms with E-state index in [2.05, 4.69) is 32.9 Å². The quantitative estimate of drug-likeness (QED) is 0.858. The van der Waals surface area contributed by atoms with E-state index in [1.165, 1.54) is 0 Å². The number of nitrogens with zero attached hydrogens (tertiary/aromatic N) is 1. The molecule has 2 aromatic heterocycles. The van der Waals surface area contributed by atoms with Crippen LogP contribution in [0.4, 0.5) is 0 Å². The van der Waals surface area contributed by atoms with Gasteiger partial charge >= 0.3 is 0 Å². The number of pyridine rings is 1. The molecule has 0 atom stereocenters. The highest BCUT2D eigenvalue weighted by atomic mass is 127. The van der Waals surface area contributed by atoms with Crippen LogP contribution < -0.4 is 5.32 Å². The minimum Gasteiger partial charge on any atom is -0.348 e. The number of hydrogen-bond donors (Lipinski definition) is 1. The van der Waals surface area contributed by atoms with Gasteiger partial charge in [0.15, 0.2) is 0 Å². The number of aromatic nitrogens is 1. The van der Waals surface area contributed by atoms with Crippen LogP contribution in [-0.4, -0.2) is 10.9 Å². The Labute approximate surface area is 117 Å². The molecule has 2 rings (SSSR count). The summed E-state index contributed by atoms with van der Waals surface area (Å²) in [5.74, 6) is -0.0348. The number of rotatable bonds is 3. The molecule has 0 fully saturated rings. The molecule has 3 nitrogen and oxygen atoms in total. The van der Waals surface area contributed by atoms with E-state index in [4.69, 9.17) is 0 Å². The standard InChI is InChI=1S/C12H11IN2OS/c1-8-2-3-14-5-10(8)6-15-12(16)9-4-11(13)17-7-9/h2-5,7H,6H2,1H3,(H,15,16). The molecule has 2 aromatic rings. The van der Waals surface area contributed by atoms with E-state index in [0.29, 0.717) is 6.54 Å². The summed E-state index contributed by atoms with van der Waals surface area (Å²) in [5.41, 5.74) is 2.91. The van der Waals surface area contributed by atoms with Crippen LogP contribution in [0.3, 0.4) is 0 Å². The lowest BCUT2D eigenvalue weighted by molar-refractivity contribution is 0.0951. The Morgan fingerprint density at radius 1 is 1.59 bits per heavy atom. The number of carbonyl (C=O) groups excluding carboxylic acids is 1. The Morgan fingerprint density at radius 2 is 2.41 bits per heavy atom. The van der Waals surface area contributed by atoms with Crippen molar-refractivity contribution in [2.75, 3.05) is 0 Å². The van der Waals surface area contributed by atoms with Crippen LogP contribution >= 0.6 is 33.9 Å². The third-order valence-corrected chi connectivity index (χ3v) is 4.21. The summed E-state index contributed by atoms with van der Waals surface area (Å²) >= 11 is 3.78. The van der Waals surface area contributed by atoms with Crippen LogP contribution in [0, 0.1) is 9.81 Å². The molecule has 0 aliphatic carbocycles. The van der Waals surface area contributed by atoms with Crippen LogP contribution in [0.1, 0.15) is 21.5 Å². The Kier molecular flexibility index (Phi) is 4.11. The first-order valence-electron chi connectivity index (χ1n) is 5.08. The van der Waals surface area contributed by atoms with E-state index in [1.807, 2.05) is 24.4 Å². The van der Waals surface area contributed by atoms with Gasteiger partial charge in [0.2, 0.25) is 0 Å². The van der Waals surface area contributed by atoms with Gasteiger partial charge in [-0.15, -0.1) is 11.3 Å². The molecule has 17 heavy (non-hydrogen) atoms. The van der Waals surface area contributed by atoms with Crippen molar-refractivity contribution < 1.29 is 4.79 Å². The van der Waals surface area contributed by atoms with Crippen molar-refractivity contribution in [3.63, 3.8) is 0 Å². The zero-order valence-electron chi connectivity index (χ0n) is 9.24. The summed E-state index contributed by atoms with van der Waals surface area (Å²) in [7, 11) is 0. The monoisotopic (exact) mass is 358 g/mol. The second-order valence-electron chi connectivity index (χ2n) is 3.62. The van der Waals surface area contributed by atoms with Crippen LogP contribution in [0.2, 0.25) is 0 Å². The Morgan fingerprint density at radius 3 is 3.06 bits per heavy atom. The molecular weight excluding hydrogens is 347 g/mol. The summed E-state index contributed by atoms with van der Waals surface area (Å²) in [4.78, 5) is 15.9. The highest BCUT2D eigenvalue weighted by Gasteiger charge is 2.07. The van der Waals surface area contributed by atoms with Crippen molar-refractivity contribution in [3.8, 4) is 0 Å². The second-order valence-corrected chi connectivity index (χ2v) is 6.43. The SMILES string of the molecule is Cc1ccncc1CNC(=O)c1csc(I)c1. The summed E-state index contributed by atoms with van der Waals surface area (Å²) in [6.45, 7) is 2.53. The molecule has 5 heteroatoms. The lowest BCUT2D eigenvalue weighted by atomic mass is 10.1. The second kappa shape index (κ2) is 5.59. The Balaban J connectivity index is 1.99. The van der Waals surface area contributed by atoms with E-state index in [-0.39, 0.29) is 5.91 Å². The van der Waals surface area contributed by atoms with Crippen molar-refractivity contribution in [2.45, 2.75) is 13.5 Å². The molecule has 1 N–H and O–H groups in total. The molecule has 0 spiro atoms. The van der Waals surface area contributed by atoms with E-state index in [9.17, 15) is 4.79 Å². The van der Waals surface area contributed by atoms with Crippen molar-refractivity contribution in [1.82, 2.24) is 10.3 Å². The molecule has 0 saturated heterocycles. The molecular formula is C12H11IN2OS. The van der Waals surface area contributed by atoms with Crippen molar-refractivity contribution >= 4 is 39.8 Å². The minimum absolute atomic E-state index is 0.0348. The van der Waals surface area contributed by atoms with Crippen LogP contribution in [0.5, 0.6) is 0 Å². The molecule has 0 bridgehead atoms. The van der Waals surface area contributed by atoms with E-state index in [1.54, 1.807) is 23.7 Å². The molecule has 0 saturated carbocycles. The molecule has 2 heterocycles.